The van der Waals surface area contributed by atoms with Crippen LogP contribution in [0.25, 0.3) is 0 Å². The second kappa shape index (κ2) is 10.7. The van der Waals surface area contributed by atoms with Crippen LogP contribution in [0.5, 0.6) is 0 Å². The molecule has 0 spiro atoms. The van der Waals surface area contributed by atoms with Crippen LogP contribution in [0.1, 0.15) is 32.6 Å². The van der Waals surface area contributed by atoms with Crippen LogP contribution in [-0.4, -0.2) is 31.7 Å². The Morgan fingerprint density at radius 1 is 1.43 bits per heavy atom. The maximum atomic E-state index is 8.70. The number of methoxy groups -OCH3 is 1. The fourth-order valence-electron chi connectivity index (χ4n) is 1.10. The van der Waals surface area contributed by atoms with Crippen LogP contribution < -0.4 is 0 Å². The molecule has 0 aromatic carbocycles. The van der Waals surface area contributed by atoms with Crippen LogP contribution in [0.4, 0.5) is 0 Å². The lowest BCUT2D eigenvalue weighted by Gasteiger charge is -2.12. The third-order valence-corrected chi connectivity index (χ3v) is 1.85. The van der Waals surface area contributed by atoms with Gasteiger partial charge in [-0.2, -0.15) is 0 Å². The largest absolute Gasteiger partial charge is 0.396 e. The highest BCUT2D eigenvalue weighted by molar-refractivity contribution is 4.89. The summed E-state index contributed by atoms with van der Waals surface area (Å²) in [5.74, 6) is 0. The minimum atomic E-state index is 0.0775. The number of rotatable bonds is 9. The number of aliphatic hydroxyl groups is 1. The zero-order valence-corrected chi connectivity index (χ0v) is 9.24. The molecule has 0 fully saturated rings. The van der Waals surface area contributed by atoms with E-state index in [1.807, 2.05) is 0 Å². The molecule has 0 unspecified atom stereocenters. The highest BCUT2D eigenvalue weighted by Crippen LogP contribution is 2.05. The first-order valence-corrected chi connectivity index (χ1v) is 5.23. The van der Waals surface area contributed by atoms with E-state index >= 15 is 0 Å². The molecule has 0 saturated heterocycles. The van der Waals surface area contributed by atoms with E-state index in [4.69, 9.17) is 14.6 Å². The van der Waals surface area contributed by atoms with Gasteiger partial charge < -0.3 is 14.6 Å². The quantitative estimate of drug-likeness (QED) is 0.459. The SMILES string of the molecule is CCC/C=C/[C@H](CCCO)OCOC. The topological polar surface area (TPSA) is 38.7 Å². The molecular formula is C11H22O3. The Labute approximate surface area is 86.7 Å². The van der Waals surface area contributed by atoms with Crippen LogP contribution in [0.2, 0.25) is 0 Å². The molecule has 0 aromatic rings. The van der Waals surface area contributed by atoms with Gasteiger partial charge in [0.2, 0.25) is 0 Å². The molecule has 0 aliphatic heterocycles. The molecule has 0 aromatic heterocycles. The lowest BCUT2D eigenvalue weighted by Crippen LogP contribution is -2.12. The van der Waals surface area contributed by atoms with Crippen molar-refractivity contribution in [3.05, 3.63) is 12.2 Å². The Morgan fingerprint density at radius 3 is 2.79 bits per heavy atom. The van der Waals surface area contributed by atoms with Gasteiger partial charge >= 0.3 is 0 Å². The predicted molar refractivity (Wildman–Crippen MR) is 57.1 cm³/mol. The van der Waals surface area contributed by atoms with E-state index < -0.39 is 0 Å². The van der Waals surface area contributed by atoms with E-state index in [1.165, 1.54) is 0 Å². The number of hydrogen-bond acceptors (Lipinski definition) is 3. The lowest BCUT2D eigenvalue weighted by molar-refractivity contribution is -0.0587. The molecule has 0 rings (SSSR count). The lowest BCUT2D eigenvalue weighted by atomic mass is 10.1. The minimum Gasteiger partial charge on any atom is -0.396 e. The zero-order chi connectivity index (χ0) is 10.6. The molecule has 0 aliphatic rings. The van der Waals surface area contributed by atoms with Gasteiger partial charge in [0.1, 0.15) is 6.79 Å². The van der Waals surface area contributed by atoms with Gasteiger partial charge in [-0.3, -0.25) is 0 Å². The number of allylic oxidation sites excluding steroid dienone is 1. The van der Waals surface area contributed by atoms with Gasteiger partial charge in [-0.15, -0.1) is 0 Å². The summed E-state index contributed by atoms with van der Waals surface area (Å²) in [4.78, 5) is 0. The van der Waals surface area contributed by atoms with Crippen LogP contribution in [0, 0.1) is 0 Å². The third-order valence-electron chi connectivity index (χ3n) is 1.85. The fraction of sp³-hybridized carbons (Fsp3) is 0.818. The Morgan fingerprint density at radius 2 is 2.21 bits per heavy atom. The predicted octanol–water partition coefficient (Wildman–Crippen LogP) is 2.10. The maximum absolute atomic E-state index is 8.70. The van der Waals surface area contributed by atoms with E-state index in [2.05, 4.69) is 19.1 Å². The number of unbranched alkanes of at least 4 members (excludes halogenated alkanes) is 1. The Hall–Kier alpha value is -0.380. The second-order valence-corrected chi connectivity index (χ2v) is 3.19. The molecular weight excluding hydrogens is 180 g/mol. The Bertz CT molecular complexity index is 126. The number of aliphatic hydroxyl groups excluding tert-OH is 1. The maximum Gasteiger partial charge on any atom is 0.147 e. The molecule has 3 nitrogen and oxygen atoms in total. The molecule has 0 heterocycles. The van der Waals surface area contributed by atoms with Gasteiger partial charge in [-0.1, -0.05) is 25.5 Å². The molecule has 0 aliphatic carbocycles. The monoisotopic (exact) mass is 202 g/mol. The van der Waals surface area contributed by atoms with Crippen LogP contribution in [-0.2, 0) is 9.47 Å². The molecule has 14 heavy (non-hydrogen) atoms. The molecule has 1 N–H and O–H groups in total. The molecule has 84 valence electrons. The summed E-state index contributed by atoms with van der Waals surface area (Å²) in [5.41, 5.74) is 0. The summed E-state index contributed by atoms with van der Waals surface area (Å²) in [6.07, 6.45) is 8.09. The van der Waals surface area contributed by atoms with E-state index in [-0.39, 0.29) is 12.7 Å². The Kier molecular flexibility index (Phi) is 10.4. The van der Waals surface area contributed by atoms with Crippen LogP contribution in [0.3, 0.4) is 0 Å². The highest BCUT2D eigenvalue weighted by atomic mass is 16.7. The van der Waals surface area contributed by atoms with Gasteiger partial charge in [0, 0.05) is 13.7 Å². The molecule has 0 saturated carbocycles. The molecule has 0 amide bonds. The average molecular weight is 202 g/mol. The highest BCUT2D eigenvalue weighted by Gasteiger charge is 2.03. The fourth-order valence-corrected chi connectivity index (χ4v) is 1.10. The van der Waals surface area contributed by atoms with Gasteiger partial charge in [0.25, 0.3) is 0 Å². The van der Waals surface area contributed by atoms with Crippen LogP contribution >= 0.6 is 0 Å². The van der Waals surface area contributed by atoms with Crippen molar-refractivity contribution >= 4 is 0 Å². The average Bonchev–Trinajstić information content (AvgIpc) is 2.21. The van der Waals surface area contributed by atoms with Crippen molar-refractivity contribution in [2.24, 2.45) is 0 Å². The van der Waals surface area contributed by atoms with Gasteiger partial charge in [0.05, 0.1) is 6.10 Å². The third kappa shape index (κ3) is 8.23. The van der Waals surface area contributed by atoms with Crippen molar-refractivity contribution in [1.82, 2.24) is 0 Å². The van der Waals surface area contributed by atoms with Gasteiger partial charge in [-0.25, -0.2) is 0 Å². The van der Waals surface area contributed by atoms with Gasteiger partial charge in [0.15, 0.2) is 0 Å². The first kappa shape index (κ1) is 13.6. The standard InChI is InChI=1S/C11H22O3/c1-3-4-5-7-11(8-6-9-12)14-10-13-2/h5,7,11-12H,3-4,6,8-10H2,1-2H3/b7-5+/t11-/m1/s1. The van der Waals surface area contributed by atoms with E-state index in [0.29, 0.717) is 6.79 Å². The number of ether oxygens (including phenoxy) is 2. The van der Waals surface area contributed by atoms with Crippen LogP contribution in [0.15, 0.2) is 12.2 Å². The summed E-state index contributed by atoms with van der Waals surface area (Å²) in [7, 11) is 1.61. The summed E-state index contributed by atoms with van der Waals surface area (Å²) < 4.78 is 10.3. The van der Waals surface area contributed by atoms with E-state index in [0.717, 1.165) is 25.7 Å². The summed E-state index contributed by atoms with van der Waals surface area (Å²) in [6.45, 7) is 2.67. The second-order valence-electron chi connectivity index (χ2n) is 3.19. The van der Waals surface area contributed by atoms with Crippen molar-refractivity contribution in [2.45, 2.75) is 38.7 Å². The Balaban J connectivity index is 3.71. The molecule has 0 radical (unpaired) electrons. The molecule has 1 atom stereocenters. The first-order chi connectivity index (χ1) is 6.85. The minimum absolute atomic E-state index is 0.0775. The van der Waals surface area contributed by atoms with Crippen molar-refractivity contribution in [3.63, 3.8) is 0 Å². The smallest absolute Gasteiger partial charge is 0.147 e. The molecule has 3 heteroatoms. The zero-order valence-electron chi connectivity index (χ0n) is 9.24. The van der Waals surface area contributed by atoms with Crippen molar-refractivity contribution in [3.8, 4) is 0 Å². The summed E-state index contributed by atoms with van der Waals surface area (Å²) in [5, 5.41) is 8.70. The number of hydrogen-bond donors (Lipinski definition) is 1. The van der Waals surface area contributed by atoms with E-state index in [9.17, 15) is 0 Å². The van der Waals surface area contributed by atoms with Crippen molar-refractivity contribution in [2.75, 3.05) is 20.5 Å². The summed E-state index contributed by atoms with van der Waals surface area (Å²) in [6, 6.07) is 0. The van der Waals surface area contributed by atoms with Crippen molar-refractivity contribution < 1.29 is 14.6 Å². The van der Waals surface area contributed by atoms with Crippen molar-refractivity contribution in [1.29, 1.82) is 0 Å². The normalized spacial score (nSPS) is 13.6. The first-order valence-electron chi connectivity index (χ1n) is 5.23. The summed E-state index contributed by atoms with van der Waals surface area (Å²) >= 11 is 0. The molecule has 0 bridgehead atoms. The van der Waals surface area contributed by atoms with E-state index in [1.54, 1.807) is 7.11 Å². The van der Waals surface area contributed by atoms with Gasteiger partial charge in [-0.05, 0) is 19.3 Å².